The number of piperidine rings is 1. The second-order valence-electron chi connectivity index (χ2n) is 8.76. The van der Waals surface area contributed by atoms with Gasteiger partial charge in [-0.2, -0.15) is 0 Å². The number of carbonyl (C=O) groups excluding carboxylic acids is 1. The Morgan fingerprint density at radius 3 is 2.48 bits per heavy atom. The van der Waals surface area contributed by atoms with Crippen molar-refractivity contribution in [2.75, 3.05) is 6.61 Å². The fourth-order valence-corrected chi connectivity index (χ4v) is 5.00. The first-order valence-electron chi connectivity index (χ1n) is 10.8. The van der Waals surface area contributed by atoms with Crippen molar-refractivity contribution >= 4 is 16.9 Å². The molecule has 1 aromatic heterocycles. The summed E-state index contributed by atoms with van der Waals surface area (Å²) in [4.78, 5) is 24.4. The zero-order valence-electron chi connectivity index (χ0n) is 17.0. The molecule has 1 aliphatic heterocycles. The standard InChI is InChI=1S/C22H31N3O4/c1-24-19-12-15(5-2-14-3-6-16(13-26)7-4-14)8-9-17(19)25(22(24)29)18-10-11-20(27)23-21(18)28/h8-9,12,14,16,18,21,26,28H,2-7,10-11,13H2,1H3,(H,23,27). The van der Waals surface area contributed by atoms with Crippen molar-refractivity contribution in [1.29, 1.82) is 0 Å². The van der Waals surface area contributed by atoms with Crippen molar-refractivity contribution in [3.63, 3.8) is 0 Å². The van der Waals surface area contributed by atoms with Gasteiger partial charge in [0.15, 0.2) is 0 Å². The predicted molar refractivity (Wildman–Crippen MR) is 110 cm³/mol. The number of hydrogen-bond acceptors (Lipinski definition) is 4. The summed E-state index contributed by atoms with van der Waals surface area (Å²) in [5, 5.41) is 22.1. The first-order chi connectivity index (χ1) is 14.0. The van der Waals surface area contributed by atoms with Gasteiger partial charge in [-0.15, -0.1) is 0 Å². The van der Waals surface area contributed by atoms with Crippen molar-refractivity contribution < 1.29 is 15.0 Å². The summed E-state index contributed by atoms with van der Waals surface area (Å²) >= 11 is 0. The molecule has 0 bridgehead atoms. The molecule has 2 unspecified atom stereocenters. The van der Waals surface area contributed by atoms with Crippen molar-refractivity contribution in [1.82, 2.24) is 14.5 Å². The lowest BCUT2D eigenvalue weighted by atomic mass is 9.80. The van der Waals surface area contributed by atoms with Crippen LogP contribution in [-0.4, -0.2) is 38.1 Å². The van der Waals surface area contributed by atoms with Gasteiger partial charge in [0.25, 0.3) is 0 Å². The molecule has 29 heavy (non-hydrogen) atoms. The summed E-state index contributed by atoms with van der Waals surface area (Å²) < 4.78 is 3.26. The molecule has 2 fully saturated rings. The van der Waals surface area contributed by atoms with Crippen LogP contribution in [0.4, 0.5) is 0 Å². The number of hydrogen-bond donors (Lipinski definition) is 3. The predicted octanol–water partition coefficient (Wildman–Crippen LogP) is 1.84. The van der Waals surface area contributed by atoms with Crippen molar-refractivity contribution in [3.8, 4) is 0 Å². The van der Waals surface area contributed by atoms with E-state index >= 15 is 0 Å². The zero-order chi connectivity index (χ0) is 20.5. The number of rotatable bonds is 5. The fraction of sp³-hybridized carbons (Fsp3) is 0.636. The van der Waals surface area contributed by atoms with E-state index in [0.29, 0.717) is 31.3 Å². The Bertz CT molecular complexity index is 939. The second-order valence-corrected chi connectivity index (χ2v) is 8.76. The Morgan fingerprint density at radius 1 is 1.07 bits per heavy atom. The van der Waals surface area contributed by atoms with Crippen LogP contribution in [0.3, 0.4) is 0 Å². The van der Waals surface area contributed by atoms with E-state index < -0.39 is 12.3 Å². The number of fused-ring (bicyclic) bond motifs is 1. The Labute approximate surface area is 170 Å². The highest BCUT2D eigenvalue weighted by Gasteiger charge is 2.31. The number of aliphatic hydroxyl groups excluding tert-OH is 2. The lowest BCUT2D eigenvalue weighted by molar-refractivity contribution is -0.128. The third kappa shape index (κ3) is 3.98. The Hall–Kier alpha value is -2.12. The second kappa shape index (κ2) is 8.32. The summed E-state index contributed by atoms with van der Waals surface area (Å²) in [5.41, 5.74) is 2.71. The molecule has 4 rings (SSSR count). The largest absolute Gasteiger partial charge is 0.396 e. The van der Waals surface area contributed by atoms with Crippen LogP contribution in [-0.2, 0) is 18.3 Å². The summed E-state index contributed by atoms with van der Waals surface area (Å²) in [5.74, 6) is 1.01. The molecule has 0 radical (unpaired) electrons. The van der Waals surface area contributed by atoms with Gasteiger partial charge in [0, 0.05) is 20.1 Å². The number of imidazole rings is 1. The first kappa shape index (κ1) is 20.2. The zero-order valence-corrected chi connectivity index (χ0v) is 17.0. The van der Waals surface area contributed by atoms with E-state index in [9.17, 15) is 19.8 Å². The van der Waals surface area contributed by atoms with Gasteiger partial charge in [0.05, 0.1) is 17.1 Å². The van der Waals surface area contributed by atoms with Crippen LogP contribution in [0.25, 0.3) is 11.0 Å². The van der Waals surface area contributed by atoms with Gasteiger partial charge in [-0.05, 0) is 61.6 Å². The van der Waals surface area contributed by atoms with Gasteiger partial charge in [-0.1, -0.05) is 18.9 Å². The van der Waals surface area contributed by atoms with Gasteiger partial charge in [0.2, 0.25) is 5.91 Å². The molecule has 1 aromatic carbocycles. The summed E-state index contributed by atoms with van der Waals surface area (Å²) in [6.07, 6.45) is 6.44. The molecule has 3 N–H and O–H groups in total. The van der Waals surface area contributed by atoms with Crippen LogP contribution >= 0.6 is 0 Å². The maximum absolute atomic E-state index is 12.9. The highest BCUT2D eigenvalue weighted by Crippen LogP contribution is 2.32. The van der Waals surface area contributed by atoms with Gasteiger partial charge < -0.3 is 15.5 Å². The molecule has 2 atom stereocenters. The molecule has 2 aromatic rings. The minimum absolute atomic E-state index is 0.167. The number of nitrogens with zero attached hydrogens (tertiary/aromatic N) is 2. The fourth-order valence-electron chi connectivity index (χ4n) is 5.00. The van der Waals surface area contributed by atoms with Gasteiger partial charge in [-0.3, -0.25) is 13.9 Å². The molecule has 2 heterocycles. The van der Waals surface area contributed by atoms with Crippen LogP contribution in [0.15, 0.2) is 23.0 Å². The maximum Gasteiger partial charge on any atom is 0.329 e. The van der Waals surface area contributed by atoms with E-state index in [2.05, 4.69) is 17.4 Å². The normalized spacial score (nSPS) is 27.9. The average Bonchev–Trinajstić information content (AvgIpc) is 2.97. The van der Waals surface area contributed by atoms with Crippen molar-refractivity contribution in [2.45, 2.75) is 63.6 Å². The summed E-state index contributed by atoms with van der Waals surface area (Å²) in [6, 6.07) is 5.68. The van der Waals surface area contributed by atoms with E-state index in [1.807, 2.05) is 6.07 Å². The quantitative estimate of drug-likeness (QED) is 0.712. The lowest BCUT2D eigenvalue weighted by Gasteiger charge is -2.29. The summed E-state index contributed by atoms with van der Waals surface area (Å²) in [6.45, 7) is 0.313. The SMILES string of the molecule is Cn1c(=O)n(C2CCC(=O)NC2O)c2ccc(CCC3CCC(CO)CC3)cc21. The molecule has 158 valence electrons. The Kier molecular flexibility index (Phi) is 5.79. The van der Waals surface area contributed by atoms with Crippen molar-refractivity contribution in [3.05, 3.63) is 34.2 Å². The molecule has 1 saturated heterocycles. The van der Waals surface area contributed by atoms with Gasteiger partial charge >= 0.3 is 5.69 Å². The molecule has 2 aliphatic rings. The minimum Gasteiger partial charge on any atom is -0.396 e. The van der Waals surface area contributed by atoms with Crippen LogP contribution < -0.4 is 11.0 Å². The van der Waals surface area contributed by atoms with E-state index in [1.165, 1.54) is 18.4 Å². The number of carbonyl (C=O) groups is 1. The Balaban J connectivity index is 1.52. The Morgan fingerprint density at radius 2 is 1.79 bits per heavy atom. The monoisotopic (exact) mass is 401 g/mol. The molecule has 1 amide bonds. The smallest absolute Gasteiger partial charge is 0.329 e. The number of aliphatic hydroxyl groups is 2. The molecular formula is C22H31N3O4. The van der Waals surface area contributed by atoms with Crippen LogP contribution in [0.2, 0.25) is 0 Å². The average molecular weight is 402 g/mol. The van der Waals surface area contributed by atoms with E-state index in [4.69, 9.17) is 0 Å². The van der Waals surface area contributed by atoms with Crippen LogP contribution in [0, 0.1) is 11.8 Å². The third-order valence-corrected chi connectivity index (χ3v) is 6.89. The number of benzene rings is 1. The number of aryl methyl sites for hydroxylation is 2. The van der Waals surface area contributed by atoms with E-state index in [-0.39, 0.29) is 11.6 Å². The highest BCUT2D eigenvalue weighted by atomic mass is 16.3. The lowest BCUT2D eigenvalue weighted by Crippen LogP contribution is -2.47. The maximum atomic E-state index is 12.9. The molecular weight excluding hydrogens is 370 g/mol. The third-order valence-electron chi connectivity index (χ3n) is 6.89. The summed E-state index contributed by atoms with van der Waals surface area (Å²) in [7, 11) is 1.76. The van der Waals surface area contributed by atoms with E-state index in [0.717, 1.165) is 36.7 Å². The number of amides is 1. The molecule has 1 aliphatic carbocycles. The van der Waals surface area contributed by atoms with Crippen LogP contribution in [0.5, 0.6) is 0 Å². The molecule has 7 heteroatoms. The number of aromatic nitrogens is 2. The molecule has 7 nitrogen and oxygen atoms in total. The van der Waals surface area contributed by atoms with Gasteiger partial charge in [0.1, 0.15) is 6.23 Å². The first-order valence-corrected chi connectivity index (χ1v) is 10.8. The highest BCUT2D eigenvalue weighted by molar-refractivity contribution is 5.79. The van der Waals surface area contributed by atoms with Gasteiger partial charge in [-0.25, -0.2) is 4.79 Å². The van der Waals surface area contributed by atoms with E-state index in [1.54, 1.807) is 16.2 Å². The van der Waals surface area contributed by atoms with Crippen molar-refractivity contribution in [2.24, 2.45) is 18.9 Å². The topological polar surface area (TPSA) is 96.5 Å². The number of nitrogens with one attached hydrogen (secondary N) is 1. The van der Waals surface area contributed by atoms with Crippen LogP contribution in [0.1, 0.15) is 56.6 Å². The minimum atomic E-state index is -1.05. The molecule has 1 saturated carbocycles. The molecule has 0 spiro atoms.